The summed E-state index contributed by atoms with van der Waals surface area (Å²) in [5, 5.41) is 12.9. The minimum absolute atomic E-state index is 0.00275. The lowest BCUT2D eigenvalue weighted by Gasteiger charge is -2.58. The molecule has 3 aliphatic rings. The number of anilines is 1. The second-order valence-electron chi connectivity index (χ2n) is 9.96. The number of carbonyl (C=O) groups is 2. The molecule has 7 nitrogen and oxygen atoms in total. The van der Waals surface area contributed by atoms with Crippen molar-refractivity contribution in [1.29, 1.82) is 0 Å². The first-order valence-electron chi connectivity index (χ1n) is 12.8. The summed E-state index contributed by atoms with van der Waals surface area (Å²) < 4.78 is 5.16. The van der Waals surface area contributed by atoms with E-state index in [9.17, 15) is 14.7 Å². The van der Waals surface area contributed by atoms with E-state index in [1.54, 1.807) is 41.2 Å². The predicted molar refractivity (Wildman–Crippen MR) is 138 cm³/mol. The maximum atomic E-state index is 12.9. The first-order chi connectivity index (χ1) is 17.6. The summed E-state index contributed by atoms with van der Waals surface area (Å²) in [6.45, 7) is 0.308. The highest BCUT2D eigenvalue weighted by molar-refractivity contribution is 5.93. The molecule has 3 atom stereocenters. The van der Waals surface area contributed by atoms with Gasteiger partial charge in [0, 0.05) is 30.1 Å². The van der Waals surface area contributed by atoms with Crippen LogP contribution in [0.4, 0.5) is 10.5 Å². The lowest BCUT2D eigenvalue weighted by molar-refractivity contribution is -0.159. The third-order valence-corrected chi connectivity index (χ3v) is 7.77. The third-order valence-electron chi connectivity index (χ3n) is 7.77. The third kappa shape index (κ3) is 4.91. The number of ether oxygens (including phenoxy) is 1. The van der Waals surface area contributed by atoms with E-state index in [1.165, 1.54) is 25.7 Å². The number of carbonyl (C=O) groups excluding carboxylic acids is 2. The number of fused-ring (bicyclic) bond motifs is 1. The number of nitrogens with zero attached hydrogens (tertiary/aromatic N) is 2. The summed E-state index contributed by atoms with van der Waals surface area (Å²) in [5.41, 5.74) is 2.68. The molecular formula is C29H33N3O4. The fraction of sp³-hybridized carbons (Fsp3) is 0.448. The van der Waals surface area contributed by atoms with E-state index in [0.29, 0.717) is 18.0 Å². The number of urea groups is 1. The van der Waals surface area contributed by atoms with Gasteiger partial charge in [-0.25, -0.2) is 4.79 Å². The Labute approximate surface area is 212 Å². The van der Waals surface area contributed by atoms with Crippen LogP contribution in [0.1, 0.15) is 49.1 Å². The summed E-state index contributed by atoms with van der Waals surface area (Å²) in [5.74, 6) is 7.90. The molecule has 0 radical (unpaired) electrons. The average molecular weight is 488 g/mol. The maximum Gasteiger partial charge on any atom is 0.322 e. The molecule has 3 fully saturated rings. The molecule has 2 N–H and O–H groups in total. The summed E-state index contributed by atoms with van der Waals surface area (Å²) in [6, 6.07) is 14.5. The topological polar surface area (TPSA) is 82.1 Å². The van der Waals surface area contributed by atoms with Gasteiger partial charge in [-0.2, -0.15) is 0 Å². The molecule has 1 saturated carbocycles. The first kappa shape index (κ1) is 24.2. The number of benzene rings is 2. The fourth-order valence-electron chi connectivity index (χ4n) is 5.83. The lowest BCUT2D eigenvalue weighted by atomic mass is 9.73. The summed E-state index contributed by atoms with van der Waals surface area (Å²) in [4.78, 5) is 29.1. The number of amides is 3. The van der Waals surface area contributed by atoms with Crippen LogP contribution in [-0.4, -0.2) is 65.7 Å². The second kappa shape index (κ2) is 10.6. The predicted octanol–water partition coefficient (Wildman–Crippen LogP) is 3.83. The standard InChI is InChI=1S/C29H33N3O4/c1-36-24-15-13-23(14-16-24)30-29(35)31-17-25-28(26(19-33)32(25)27(34)18-31)22-11-9-21(10-12-22)8-4-7-20-5-2-3-6-20/h9-16,20,25-26,28,33H,2-3,5-7,17-19H2,1H3,(H,30,35)/t25-,26-,28-/m1/s1. The van der Waals surface area contributed by atoms with Crippen LogP contribution in [0.5, 0.6) is 5.75 Å². The van der Waals surface area contributed by atoms with Crippen LogP contribution in [0, 0.1) is 17.8 Å². The van der Waals surface area contributed by atoms with Crippen LogP contribution in [-0.2, 0) is 4.79 Å². The van der Waals surface area contributed by atoms with Gasteiger partial charge in [0.1, 0.15) is 12.3 Å². The molecule has 36 heavy (non-hydrogen) atoms. The largest absolute Gasteiger partial charge is 0.497 e. The van der Waals surface area contributed by atoms with E-state index in [1.807, 2.05) is 24.3 Å². The molecule has 2 aliphatic heterocycles. The van der Waals surface area contributed by atoms with Gasteiger partial charge in [-0.15, -0.1) is 0 Å². The first-order valence-corrected chi connectivity index (χ1v) is 12.8. The number of hydrogen-bond acceptors (Lipinski definition) is 4. The monoisotopic (exact) mass is 487 g/mol. The zero-order valence-electron chi connectivity index (χ0n) is 20.7. The quantitative estimate of drug-likeness (QED) is 0.628. The van der Waals surface area contributed by atoms with Gasteiger partial charge in [-0.3, -0.25) is 4.79 Å². The number of aliphatic hydroxyl groups is 1. The molecule has 3 amide bonds. The molecule has 0 unspecified atom stereocenters. The smallest absolute Gasteiger partial charge is 0.322 e. The van der Waals surface area contributed by atoms with Gasteiger partial charge < -0.3 is 25.0 Å². The molecule has 7 heteroatoms. The number of nitrogens with one attached hydrogen (secondary N) is 1. The molecule has 1 aliphatic carbocycles. The summed E-state index contributed by atoms with van der Waals surface area (Å²) in [6.07, 6.45) is 6.21. The summed E-state index contributed by atoms with van der Waals surface area (Å²) >= 11 is 0. The number of hydrogen-bond donors (Lipinski definition) is 2. The van der Waals surface area contributed by atoms with Crippen LogP contribution >= 0.6 is 0 Å². The van der Waals surface area contributed by atoms with Crippen molar-refractivity contribution < 1.29 is 19.4 Å². The zero-order chi connectivity index (χ0) is 25.1. The van der Waals surface area contributed by atoms with Crippen molar-refractivity contribution >= 4 is 17.6 Å². The van der Waals surface area contributed by atoms with Gasteiger partial charge >= 0.3 is 6.03 Å². The van der Waals surface area contributed by atoms with Crippen LogP contribution in [0.25, 0.3) is 0 Å². The molecular weight excluding hydrogens is 454 g/mol. The van der Waals surface area contributed by atoms with Crippen molar-refractivity contribution in [3.8, 4) is 17.6 Å². The molecule has 2 heterocycles. The van der Waals surface area contributed by atoms with E-state index in [-0.39, 0.29) is 43.1 Å². The second-order valence-corrected chi connectivity index (χ2v) is 9.96. The van der Waals surface area contributed by atoms with E-state index in [0.717, 1.165) is 23.5 Å². The van der Waals surface area contributed by atoms with Crippen molar-refractivity contribution in [3.63, 3.8) is 0 Å². The minimum atomic E-state index is -0.313. The van der Waals surface area contributed by atoms with E-state index in [4.69, 9.17) is 4.74 Å². The lowest BCUT2D eigenvalue weighted by Crippen LogP contribution is -2.73. The van der Waals surface area contributed by atoms with Crippen molar-refractivity contribution in [2.75, 3.05) is 32.1 Å². The highest BCUT2D eigenvalue weighted by atomic mass is 16.5. The number of methoxy groups -OCH3 is 1. The highest BCUT2D eigenvalue weighted by Gasteiger charge is 2.54. The molecule has 2 aromatic carbocycles. The van der Waals surface area contributed by atoms with Crippen LogP contribution in [0.3, 0.4) is 0 Å². The summed E-state index contributed by atoms with van der Waals surface area (Å²) in [7, 11) is 1.59. The van der Waals surface area contributed by atoms with E-state index < -0.39 is 0 Å². The Morgan fingerprint density at radius 2 is 1.83 bits per heavy atom. The molecule has 2 saturated heterocycles. The Morgan fingerprint density at radius 3 is 2.50 bits per heavy atom. The Balaban J connectivity index is 1.25. The molecule has 188 valence electrons. The molecule has 2 aromatic rings. The Morgan fingerprint density at radius 1 is 1.11 bits per heavy atom. The van der Waals surface area contributed by atoms with Crippen molar-refractivity contribution in [2.24, 2.45) is 5.92 Å². The SMILES string of the molecule is COc1ccc(NC(=O)N2CC(=O)N3[C@H](CO)[C@H](c4ccc(C#CCC5CCCC5)cc4)[C@H]3C2)cc1. The molecule has 0 bridgehead atoms. The van der Waals surface area contributed by atoms with Crippen LogP contribution in [0.2, 0.25) is 0 Å². The van der Waals surface area contributed by atoms with Gasteiger partial charge in [0.2, 0.25) is 5.91 Å². The highest BCUT2D eigenvalue weighted by Crippen LogP contribution is 2.43. The number of rotatable bonds is 5. The van der Waals surface area contributed by atoms with Gasteiger partial charge in [0.15, 0.2) is 0 Å². The van der Waals surface area contributed by atoms with Crippen molar-refractivity contribution in [2.45, 2.75) is 50.1 Å². The minimum Gasteiger partial charge on any atom is -0.497 e. The van der Waals surface area contributed by atoms with Gasteiger partial charge in [0.25, 0.3) is 0 Å². The van der Waals surface area contributed by atoms with Gasteiger partial charge in [-0.1, -0.05) is 36.8 Å². The van der Waals surface area contributed by atoms with Crippen molar-refractivity contribution in [1.82, 2.24) is 9.80 Å². The molecule has 0 aromatic heterocycles. The van der Waals surface area contributed by atoms with Crippen molar-refractivity contribution in [3.05, 3.63) is 59.7 Å². The normalized spacial score (nSPS) is 23.4. The average Bonchev–Trinajstić information content (AvgIpc) is 3.40. The fourth-order valence-corrected chi connectivity index (χ4v) is 5.83. The number of piperazine rings is 1. The van der Waals surface area contributed by atoms with E-state index in [2.05, 4.69) is 17.2 Å². The van der Waals surface area contributed by atoms with Crippen LogP contribution in [0.15, 0.2) is 48.5 Å². The Hall–Kier alpha value is -3.50. The maximum absolute atomic E-state index is 12.9. The van der Waals surface area contributed by atoms with Gasteiger partial charge in [-0.05, 0) is 60.7 Å². The molecule has 0 spiro atoms. The number of aliphatic hydroxyl groups excluding tert-OH is 1. The van der Waals surface area contributed by atoms with Crippen LogP contribution < -0.4 is 10.1 Å². The van der Waals surface area contributed by atoms with Gasteiger partial charge in [0.05, 0.1) is 25.8 Å². The Bertz CT molecular complexity index is 1150. The molecule has 5 rings (SSSR count). The zero-order valence-corrected chi connectivity index (χ0v) is 20.7. The Kier molecular flexibility index (Phi) is 7.15. The van der Waals surface area contributed by atoms with E-state index >= 15 is 0 Å².